The van der Waals surface area contributed by atoms with Crippen LogP contribution in [0.15, 0.2) is 107 Å². The summed E-state index contributed by atoms with van der Waals surface area (Å²) in [6, 6.07) is 21.3. The quantitative estimate of drug-likeness (QED) is 0.435. The minimum absolute atomic E-state index is 0. The van der Waals surface area contributed by atoms with Gasteiger partial charge in [-0.15, -0.1) is 12.8 Å². The molecule has 1 atom stereocenters. The van der Waals surface area contributed by atoms with E-state index in [1.807, 2.05) is 37.5 Å². The third kappa shape index (κ3) is 6.45. The molecule has 152 valence electrons. The van der Waals surface area contributed by atoms with E-state index in [1.165, 1.54) is 14.5 Å². The molecule has 0 aromatic heterocycles. The number of hydrogen-bond donors (Lipinski definition) is 0. The molecule has 0 bridgehead atoms. The summed E-state index contributed by atoms with van der Waals surface area (Å²) < 4.78 is 8.63. The van der Waals surface area contributed by atoms with E-state index >= 15 is 0 Å². The normalized spacial score (nSPS) is 20.9. The van der Waals surface area contributed by atoms with E-state index in [0.717, 1.165) is 17.9 Å². The molecule has 0 saturated carbocycles. The second-order valence-corrected chi connectivity index (χ2v) is 9.11. The van der Waals surface area contributed by atoms with Gasteiger partial charge in [-0.05, 0) is 0 Å². The maximum atomic E-state index is 5.92. The standard InChI is InChI=1S/C21H18NOSe.C5H5.Fe/c1-3-8-16(9-4-1)14-17-15-23-21(22-17)19-12-7-13-20(19)24-18-10-5-2-6-11-18;1-2-4-5-3-1;/h1-13,17H,14-15H2;1-5H;/q2*-1;+2/b21-19+;;/t17-;;/m0../s1. The third-order valence-electron chi connectivity index (χ3n) is 4.56. The van der Waals surface area contributed by atoms with Crippen LogP contribution in [0.2, 0.25) is 0 Å². The second kappa shape index (κ2) is 11.9. The molecular weight excluding hydrogens is 477 g/mol. The zero-order valence-electron chi connectivity index (χ0n) is 16.5. The van der Waals surface area contributed by atoms with Crippen molar-refractivity contribution in [3.05, 3.63) is 137 Å². The summed E-state index contributed by atoms with van der Waals surface area (Å²) in [5.41, 5.74) is 2.47. The Kier molecular flexibility index (Phi) is 8.98. The van der Waals surface area contributed by atoms with Crippen LogP contribution < -0.4 is 4.46 Å². The van der Waals surface area contributed by atoms with Gasteiger partial charge in [-0.1, -0.05) is 0 Å². The molecule has 3 aliphatic rings. The molecule has 2 aliphatic carbocycles. The monoisotopic (exact) mass is 501 g/mol. The van der Waals surface area contributed by atoms with Crippen molar-refractivity contribution < 1.29 is 21.8 Å². The number of ether oxygens (including phenoxy) is 1. The first-order valence-corrected chi connectivity index (χ1v) is 11.5. The zero-order chi connectivity index (χ0) is 19.7. The van der Waals surface area contributed by atoms with Crippen molar-refractivity contribution in [1.82, 2.24) is 0 Å². The van der Waals surface area contributed by atoms with Gasteiger partial charge in [0.1, 0.15) is 0 Å². The van der Waals surface area contributed by atoms with Crippen molar-refractivity contribution in [2.24, 2.45) is 0 Å². The Balaban J connectivity index is 0.000000376. The Bertz CT molecular complexity index is 913. The predicted octanol–water partition coefficient (Wildman–Crippen LogP) is 4.86. The van der Waals surface area contributed by atoms with Crippen molar-refractivity contribution >= 4 is 19.4 Å². The number of allylic oxidation sites excluding steroid dienone is 7. The van der Waals surface area contributed by atoms with Gasteiger partial charge in [0.05, 0.1) is 0 Å². The van der Waals surface area contributed by atoms with Crippen LogP contribution in [0.1, 0.15) is 5.56 Å². The first-order valence-electron chi connectivity index (χ1n) is 9.78. The zero-order valence-corrected chi connectivity index (χ0v) is 19.3. The molecule has 0 unspecified atom stereocenters. The second-order valence-electron chi connectivity index (χ2n) is 6.77. The van der Waals surface area contributed by atoms with Gasteiger partial charge in [-0.3, -0.25) is 0 Å². The van der Waals surface area contributed by atoms with Crippen molar-refractivity contribution in [1.29, 1.82) is 0 Å². The summed E-state index contributed by atoms with van der Waals surface area (Å²) in [5.74, 6) is 0.814. The Morgan fingerprint density at radius 1 is 1.00 bits per heavy atom. The fourth-order valence-corrected chi connectivity index (χ4v) is 5.17. The van der Waals surface area contributed by atoms with E-state index in [9.17, 15) is 0 Å². The summed E-state index contributed by atoms with van der Waals surface area (Å²) in [5, 5.41) is 4.83. The topological polar surface area (TPSA) is 23.3 Å². The molecule has 2 aromatic carbocycles. The van der Waals surface area contributed by atoms with E-state index in [2.05, 4.69) is 72.8 Å². The number of nitrogens with zero attached hydrogens (tertiary/aromatic N) is 1. The predicted molar refractivity (Wildman–Crippen MR) is 121 cm³/mol. The van der Waals surface area contributed by atoms with Crippen LogP contribution in [-0.4, -0.2) is 27.6 Å². The first kappa shape index (κ1) is 22.6. The van der Waals surface area contributed by atoms with Gasteiger partial charge in [-0.25, -0.2) is 18.6 Å². The van der Waals surface area contributed by atoms with Gasteiger partial charge in [-0.2, -0.15) is 0 Å². The Labute approximate surface area is 196 Å². The molecule has 1 fully saturated rings. The molecule has 0 amide bonds. The Hall–Kier alpha value is -2.09. The van der Waals surface area contributed by atoms with Crippen LogP contribution in [0.4, 0.5) is 0 Å². The van der Waals surface area contributed by atoms with Crippen molar-refractivity contribution in [3.63, 3.8) is 0 Å². The molecule has 2 aromatic rings. The van der Waals surface area contributed by atoms with E-state index in [0.29, 0.717) is 6.61 Å². The smallest absolute Gasteiger partial charge is 0.231 e. The fraction of sp³-hybridized carbons (Fsp3) is 0.115. The summed E-state index contributed by atoms with van der Waals surface area (Å²) in [7, 11) is 0. The largest absolute Gasteiger partial charge is 2.00 e. The van der Waals surface area contributed by atoms with E-state index in [4.69, 9.17) is 10.1 Å². The van der Waals surface area contributed by atoms with Gasteiger partial charge in [0, 0.05) is 0 Å². The molecule has 4 heteroatoms. The Morgan fingerprint density at radius 3 is 2.43 bits per heavy atom. The van der Waals surface area contributed by atoms with Crippen LogP contribution in [0.5, 0.6) is 0 Å². The molecule has 2 radical (unpaired) electrons. The molecule has 5 rings (SSSR count). The van der Waals surface area contributed by atoms with E-state index in [-0.39, 0.29) is 38.1 Å². The van der Waals surface area contributed by atoms with Crippen LogP contribution in [0.25, 0.3) is 5.32 Å². The maximum absolute atomic E-state index is 5.92. The average molecular weight is 500 g/mol. The number of hydrogen-bond acceptors (Lipinski definition) is 1. The molecule has 1 heterocycles. The maximum Gasteiger partial charge on any atom is 2.00 e. The van der Waals surface area contributed by atoms with Crippen LogP contribution in [-0.2, 0) is 28.2 Å². The first-order chi connectivity index (χ1) is 14.4. The summed E-state index contributed by atoms with van der Waals surface area (Å²) in [6.45, 7) is 0.674. The molecule has 0 N–H and O–H groups in total. The van der Waals surface area contributed by atoms with Gasteiger partial charge in [0.25, 0.3) is 0 Å². The molecule has 0 spiro atoms. The van der Waals surface area contributed by atoms with Crippen molar-refractivity contribution in [3.8, 4) is 0 Å². The van der Waals surface area contributed by atoms with Gasteiger partial charge >= 0.3 is 166 Å². The molecule has 2 nitrogen and oxygen atoms in total. The average Bonchev–Trinajstić information content (AvgIpc) is 3.53. The van der Waals surface area contributed by atoms with Gasteiger partial charge < -0.3 is 0 Å². The summed E-state index contributed by atoms with van der Waals surface area (Å²) in [6.07, 6.45) is 17.4. The molecule has 1 aliphatic heterocycles. The van der Waals surface area contributed by atoms with Crippen LogP contribution >= 0.6 is 0 Å². The van der Waals surface area contributed by atoms with E-state index < -0.39 is 0 Å². The number of benzene rings is 2. The summed E-state index contributed by atoms with van der Waals surface area (Å²) in [4.78, 5) is 0. The van der Waals surface area contributed by atoms with Crippen LogP contribution in [0.3, 0.4) is 0 Å². The molecule has 1 saturated heterocycles. The van der Waals surface area contributed by atoms with Crippen molar-refractivity contribution in [2.45, 2.75) is 12.5 Å². The molecular formula is C26H23FeNOSe. The van der Waals surface area contributed by atoms with Crippen molar-refractivity contribution in [2.75, 3.05) is 6.61 Å². The van der Waals surface area contributed by atoms with Gasteiger partial charge in [0.2, 0.25) is 0 Å². The van der Waals surface area contributed by atoms with E-state index in [1.54, 1.807) is 0 Å². The Morgan fingerprint density at radius 2 is 1.77 bits per heavy atom. The SMILES string of the molecule is C1=C/C(=C2/[N-][C@@H](Cc3ccccc3)CO2)C([Se]c2ccccc2)=C1.[CH]1[CH][CH-]C=C1.[Fe+2]. The minimum atomic E-state index is 0. The van der Waals surface area contributed by atoms with Crippen LogP contribution in [0, 0.1) is 19.3 Å². The summed E-state index contributed by atoms with van der Waals surface area (Å²) >= 11 is 0.281. The minimum Gasteiger partial charge on any atom is -0.231 e. The number of rotatable bonds is 4. The fourth-order valence-electron chi connectivity index (χ4n) is 3.16. The molecule has 30 heavy (non-hydrogen) atoms. The van der Waals surface area contributed by atoms with Gasteiger partial charge in [0.15, 0.2) is 0 Å². The third-order valence-corrected chi connectivity index (χ3v) is 6.83.